The predicted octanol–water partition coefficient (Wildman–Crippen LogP) is 4.80. The van der Waals surface area contributed by atoms with Gasteiger partial charge in [0.05, 0.1) is 11.2 Å². The molecule has 114 valence electrons. The van der Waals surface area contributed by atoms with Crippen LogP contribution in [0.5, 0.6) is 0 Å². The second kappa shape index (κ2) is 5.42. The lowest BCUT2D eigenvalue weighted by atomic mass is 9.64. The standard InChI is InChI=1S/C17H30N2S/c1-11(2)19-17(15-18-13(4)14(5)20-15)9-8-16(6,7)10-12(17)3/h11-12,19H,8-10H2,1-7H3. The Kier molecular flexibility index (Phi) is 4.32. The molecule has 1 heterocycles. The van der Waals surface area contributed by atoms with E-state index in [1.807, 2.05) is 11.3 Å². The zero-order valence-electron chi connectivity index (χ0n) is 14.1. The Bertz CT molecular complexity index is 456. The number of nitrogens with one attached hydrogen (secondary N) is 1. The summed E-state index contributed by atoms with van der Waals surface area (Å²) in [7, 11) is 0. The molecule has 20 heavy (non-hydrogen) atoms. The molecule has 1 saturated carbocycles. The van der Waals surface area contributed by atoms with Crippen molar-refractivity contribution < 1.29 is 0 Å². The van der Waals surface area contributed by atoms with Crippen molar-refractivity contribution in [1.82, 2.24) is 10.3 Å². The molecule has 0 spiro atoms. The lowest BCUT2D eigenvalue weighted by Crippen LogP contribution is -2.54. The third-order valence-corrected chi connectivity index (χ3v) is 6.10. The van der Waals surface area contributed by atoms with Crippen LogP contribution >= 0.6 is 11.3 Å². The third-order valence-electron chi connectivity index (χ3n) is 4.85. The maximum atomic E-state index is 4.91. The molecule has 2 unspecified atom stereocenters. The molecule has 0 aromatic carbocycles. The molecular weight excluding hydrogens is 264 g/mol. The summed E-state index contributed by atoms with van der Waals surface area (Å²) in [6.45, 7) is 16.0. The molecule has 2 rings (SSSR count). The van der Waals surface area contributed by atoms with Crippen molar-refractivity contribution in [2.75, 3.05) is 0 Å². The van der Waals surface area contributed by atoms with E-state index in [0.29, 0.717) is 17.4 Å². The van der Waals surface area contributed by atoms with E-state index in [0.717, 1.165) is 0 Å². The molecule has 1 aliphatic rings. The zero-order chi connectivity index (χ0) is 15.1. The van der Waals surface area contributed by atoms with Gasteiger partial charge >= 0.3 is 0 Å². The lowest BCUT2D eigenvalue weighted by Gasteiger charge is -2.49. The second-order valence-corrected chi connectivity index (χ2v) is 8.90. The van der Waals surface area contributed by atoms with E-state index in [2.05, 4.69) is 53.8 Å². The quantitative estimate of drug-likeness (QED) is 0.866. The summed E-state index contributed by atoms with van der Waals surface area (Å²) >= 11 is 1.89. The number of nitrogens with zero attached hydrogens (tertiary/aromatic N) is 1. The van der Waals surface area contributed by atoms with Crippen LogP contribution in [0.25, 0.3) is 0 Å². The molecule has 1 aromatic heterocycles. The molecule has 0 aliphatic heterocycles. The molecule has 1 N–H and O–H groups in total. The van der Waals surface area contributed by atoms with Gasteiger partial charge in [-0.05, 0) is 58.3 Å². The van der Waals surface area contributed by atoms with Gasteiger partial charge in [0.25, 0.3) is 0 Å². The fourth-order valence-electron chi connectivity index (χ4n) is 3.66. The van der Waals surface area contributed by atoms with E-state index in [-0.39, 0.29) is 5.54 Å². The van der Waals surface area contributed by atoms with E-state index < -0.39 is 0 Å². The molecular formula is C17H30N2S. The first-order valence-corrected chi connectivity index (χ1v) is 8.70. The Morgan fingerprint density at radius 3 is 2.35 bits per heavy atom. The van der Waals surface area contributed by atoms with Crippen LogP contribution in [0.3, 0.4) is 0 Å². The predicted molar refractivity (Wildman–Crippen MR) is 88.3 cm³/mol. The SMILES string of the molecule is Cc1nc(C2(NC(C)C)CCC(C)(C)CC2C)sc1C. The number of aromatic nitrogens is 1. The molecule has 1 aromatic rings. The van der Waals surface area contributed by atoms with E-state index in [1.54, 1.807) is 0 Å². The van der Waals surface area contributed by atoms with Gasteiger partial charge in [-0.1, -0.05) is 20.8 Å². The molecule has 1 aliphatic carbocycles. The van der Waals surface area contributed by atoms with E-state index in [9.17, 15) is 0 Å². The highest BCUT2D eigenvalue weighted by Gasteiger charge is 2.47. The van der Waals surface area contributed by atoms with Crippen molar-refractivity contribution in [1.29, 1.82) is 0 Å². The third kappa shape index (κ3) is 2.94. The summed E-state index contributed by atoms with van der Waals surface area (Å²) in [5.74, 6) is 0.624. The minimum atomic E-state index is 0.0768. The second-order valence-electron chi connectivity index (χ2n) is 7.70. The van der Waals surface area contributed by atoms with Crippen LogP contribution in [-0.4, -0.2) is 11.0 Å². The average molecular weight is 295 g/mol. The van der Waals surface area contributed by atoms with Gasteiger partial charge in [-0.2, -0.15) is 0 Å². The summed E-state index contributed by atoms with van der Waals surface area (Å²) < 4.78 is 0. The van der Waals surface area contributed by atoms with Gasteiger partial charge in [0.2, 0.25) is 0 Å². The summed E-state index contributed by atoms with van der Waals surface area (Å²) in [4.78, 5) is 6.28. The normalized spacial score (nSPS) is 29.9. The van der Waals surface area contributed by atoms with Crippen LogP contribution in [0.1, 0.15) is 69.5 Å². The number of aryl methyl sites for hydroxylation is 2. The Morgan fingerprint density at radius 2 is 1.90 bits per heavy atom. The zero-order valence-corrected chi connectivity index (χ0v) is 14.9. The number of thiazole rings is 1. The van der Waals surface area contributed by atoms with Crippen molar-refractivity contribution in [2.45, 2.75) is 79.3 Å². The Labute approximate surface area is 128 Å². The van der Waals surface area contributed by atoms with Crippen LogP contribution in [0.2, 0.25) is 0 Å². The molecule has 0 radical (unpaired) electrons. The molecule has 2 nitrogen and oxygen atoms in total. The van der Waals surface area contributed by atoms with Gasteiger partial charge < -0.3 is 5.32 Å². The van der Waals surface area contributed by atoms with Gasteiger partial charge in [-0.3, -0.25) is 0 Å². The van der Waals surface area contributed by atoms with Crippen molar-refractivity contribution in [2.24, 2.45) is 11.3 Å². The summed E-state index contributed by atoms with van der Waals surface area (Å²) in [5.41, 5.74) is 1.74. The van der Waals surface area contributed by atoms with E-state index in [4.69, 9.17) is 4.98 Å². The lowest BCUT2D eigenvalue weighted by molar-refractivity contribution is 0.0648. The van der Waals surface area contributed by atoms with Crippen molar-refractivity contribution >= 4 is 11.3 Å². The minimum absolute atomic E-state index is 0.0768. The van der Waals surface area contributed by atoms with Gasteiger partial charge in [0, 0.05) is 10.9 Å². The Balaban J connectivity index is 2.41. The molecule has 0 saturated heterocycles. The maximum absolute atomic E-state index is 4.91. The average Bonchev–Trinajstić information content (AvgIpc) is 2.63. The van der Waals surface area contributed by atoms with Crippen LogP contribution in [0.15, 0.2) is 0 Å². The highest BCUT2D eigenvalue weighted by Crippen LogP contribution is 2.50. The Hall–Kier alpha value is -0.410. The highest BCUT2D eigenvalue weighted by molar-refractivity contribution is 7.11. The van der Waals surface area contributed by atoms with Crippen LogP contribution < -0.4 is 5.32 Å². The van der Waals surface area contributed by atoms with Crippen LogP contribution in [0.4, 0.5) is 0 Å². The van der Waals surface area contributed by atoms with Gasteiger partial charge in [-0.25, -0.2) is 4.98 Å². The largest absolute Gasteiger partial charge is 0.303 e. The summed E-state index contributed by atoms with van der Waals surface area (Å²) in [6, 6.07) is 0.489. The Morgan fingerprint density at radius 1 is 1.25 bits per heavy atom. The fraction of sp³-hybridized carbons (Fsp3) is 0.824. The van der Waals surface area contributed by atoms with E-state index >= 15 is 0 Å². The first kappa shape index (κ1) is 16.0. The molecule has 0 bridgehead atoms. The molecule has 2 atom stereocenters. The van der Waals surface area contributed by atoms with E-state index in [1.165, 1.54) is 34.8 Å². The fourth-order valence-corrected chi connectivity index (χ4v) is 4.87. The number of hydrogen-bond donors (Lipinski definition) is 1. The smallest absolute Gasteiger partial charge is 0.114 e. The minimum Gasteiger partial charge on any atom is -0.303 e. The summed E-state index contributed by atoms with van der Waals surface area (Å²) in [6.07, 6.45) is 3.74. The van der Waals surface area contributed by atoms with Crippen molar-refractivity contribution in [3.8, 4) is 0 Å². The number of hydrogen-bond acceptors (Lipinski definition) is 3. The van der Waals surface area contributed by atoms with Crippen LogP contribution in [-0.2, 0) is 5.54 Å². The first-order valence-electron chi connectivity index (χ1n) is 7.88. The van der Waals surface area contributed by atoms with Gasteiger partial charge in [0.15, 0.2) is 0 Å². The number of rotatable bonds is 3. The molecule has 3 heteroatoms. The van der Waals surface area contributed by atoms with Crippen molar-refractivity contribution in [3.63, 3.8) is 0 Å². The first-order chi connectivity index (χ1) is 9.16. The highest BCUT2D eigenvalue weighted by atomic mass is 32.1. The molecule has 0 amide bonds. The van der Waals surface area contributed by atoms with Gasteiger partial charge in [0.1, 0.15) is 5.01 Å². The summed E-state index contributed by atoms with van der Waals surface area (Å²) in [5, 5.41) is 5.20. The topological polar surface area (TPSA) is 24.9 Å². The maximum Gasteiger partial charge on any atom is 0.114 e. The molecule has 1 fully saturated rings. The monoisotopic (exact) mass is 294 g/mol. The van der Waals surface area contributed by atoms with Crippen LogP contribution in [0, 0.1) is 25.2 Å². The van der Waals surface area contributed by atoms with Crippen molar-refractivity contribution in [3.05, 3.63) is 15.6 Å². The van der Waals surface area contributed by atoms with Gasteiger partial charge in [-0.15, -0.1) is 11.3 Å².